The van der Waals surface area contributed by atoms with Crippen molar-refractivity contribution in [3.8, 4) is 0 Å². The fourth-order valence-corrected chi connectivity index (χ4v) is 2.09. The van der Waals surface area contributed by atoms with Gasteiger partial charge in [-0.05, 0) is 13.8 Å². The number of rotatable bonds is 4. The summed E-state index contributed by atoms with van der Waals surface area (Å²) in [6, 6.07) is 0. The lowest BCUT2D eigenvalue weighted by Gasteiger charge is -2.50. The molecule has 1 fully saturated rings. The molecule has 1 rings (SSSR count). The zero-order chi connectivity index (χ0) is 18.7. The van der Waals surface area contributed by atoms with Crippen molar-refractivity contribution in [3.63, 3.8) is 0 Å². The predicted molar refractivity (Wildman–Crippen MR) is 63.7 cm³/mol. The van der Waals surface area contributed by atoms with Gasteiger partial charge < -0.3 is 24.8 Å². The second-order valence-corrected chi connectivity index (χ2v) is 4.48. The van der Waals surface area contributed by atoms with Gasteiger partial charge in [-0.2, -0.15) is 0 Å². The number of alkyl halides is 1. The van der Waals surface area contributed by atoms with Crippen molar-refractivity contribution < 1.29 is 47.7 Å². The first kappa shape index (κ1) is 13.3. The number of Topliss-reactive ketones (excluding diaryl/α,β-unsaturated/α-hetero) is 2. The van der Waals surface area contributed by atoms with Crippen LogP contribution in [-0.4, -0.2) is 69.2 Å². The third-order valence-corrected chi connectivity index (χ3v) is 3.26. The summed E-state index contributed by atoms with van der Waals surface area (Å²) in [4.78, 5) is 34.9. The molecule has 0 aliphatic carbocycles. The lowest BCUT2D eigenvalue weighted by molar-refractivity contribution is -0.319. The second-order valence-electron chi connectivity index (χ2n) is 4.48. The normalized spacial score (nSPS) is 41.5. The molecule has 1 unspecified atom stereocenters. The van der Waals surface area contributed by atoms with Crippen molar-refractivity contribution in [1.29, 1.82) is 0 Å². The summed E-state index contributed by atoms with van der Waals surface area (Å²) in [5, 5.41) is 30.8. The molecule has 8 nitrogen and oxygen atoms in total. The minimum absolute atomic E-state index is 0.838. The first-order chi connectivity index (χ1) is 11.1. The highest BCUT2D eigenvalue weighted by Crippen LogP contribution is 2.40. The summed E-state index contributed by atoms with van der Waals surface area (Å²) in [5.74, 6) is -4.22. The third kappa shape index (κ3) is 2.57. The van der Waals surface area contributed by atoms with Crippen LogP contribution in [0, 0.1) is 0 Å². The van der Waals surface area contributed by atoms with E-state index < -0.39 is 74.6 Å². The molecule has 1 saturated heterocycles. The van der Waals surface area contributed by atoms with Gasteiger partial charge in [0.25, 0.3) is 0 Å². The van der Waals surface area contributed by atoms with Gasteiger partial charge in [0.15, 0.2) is 22.8 Å². The average molecular weight is 311 g/mol. The van der Waals surface area contributed by atoms with Crippen molar-refractivity contribution in [3.05, 3.63) is 0 Å². The van der Waals surface area contributed by atoms with Crippen molar-refractivity contribution in [2.45, 2.75) is 50.5 Å². The van der Waals surface area contributed by atoms with Crippen molar-refractivity contribution >= 4 is 17.5 Å². The van der Waals surface area contributed by atoms with Crippen LogP contribution in [0.2, 0.25) is 0 Å². The molecule has 1 heterocycles. The van der Waals surface area contributed by atoms with Gasteiger partial charge in [0.05, 0.1) is 0 Å². The maximum atomic E-state index is 13.8. The van der Waals surface area contributed by atoms with E-state index in [9.17, 15) is 34.1 Å². The van der Waals surface area contributed by atoms with E-state index in [4.69, 9.17) is 4.11 Å². The molecular weight excluding hydrogens is 291 g/mol. The van der Waals surface area contributed by atoms with Crippen LogP contribution in [0.1, 0.15) is 24.8 Å². The van der Waals surface area contributed by atoms with E-state index >= 15 is 0 Å². The number of aliphatic hydroxyl groups is 3. The molecule has 0 bridgehead atoms. The third-order valence-electron chi connectivity index (χ3n) is 3.26. The molecule has 0 aromatic carbocycles. The van der Waals surface area contributed by atoms with E-state index in [-0.39, 0.29) is 0 Å². The Labute approximate surface area is 123 Å². The highest BCUT2D eigenvalue weighted by molar-refractivity contribution is 5.98. The minimum atomic E-state index is -3.47. The Bertz CT molecular complexity index is 521. The molecule has 1 aliphatic rings. The summed E-state index contributed by atoms with van der Waals surface area (Å²) in [5.41, 5.74) is -6.79. The Morgan fingerprint density at radius 2 is 1.81 bits per heavy atom. The molecule has 0 spiro atoms. The van der Waals surface area contributed by atoms with Crippen LogP contribution in [0.15, 0.2) is 0 Å². The zero-order valence-electron chi connectivity index (χ0n) is 13.8. The highest BCUT2D eigenvalue weighted by atomic mass is 19.1. The van der Waals surface area contributed by atoms with Gasteiger partial charge in [0.1, 0.15) is 18.8 Å². The van der Waals surface area contributed by atoms with Crippen molar-refractivity contribution in [1.82, 2.24) is 0 Å². The molecule has 0 aromatic rings. The minimum Gasteiger partial charge on any atom is -0.463 e. The molecule has 3 N–H and O–H groups in total. The van der Waals surface area contributed by atoms with Crippen molar-refractivity contribution in [2.24, 2.45) is 0 Å². The maximum Gasteiger partial charge on any atom is 0.302 e. The predicted octanol–water partition coefficient (Wildman–Crippen LogP) is -1.75. The molecule has 21 heavy (non-hydrogen) atoms. The number of halogens is 1. The molecule has 5 atom stereocenters. The summed E-state index contributed by atoms with van der Waals surface area (Å²) >= 11 is 0. The summed E-state index contributed by atoms with van der Waals surface area (Å²) in [6.07, 6.45) is -7.59. The van der Waals surface area contributed by atoms with Gasteiger partial charge in [0.2, 0.25) is 6.36 Å². The van der Waals surface area contributed by atoms with Crippen LogP contribution < -0.4 is 0 Å². The van der Waals surface area contributed by atoms with E-state index in [2.05, 4.69) is 9.47 Å². The van der Waals surface area contributed by atoms with Gasteiger partial charge >= 0.3 is 5.97 Å². The molecule has 0 saturated carbocycles. The van der Waals surface area contributed by atoms with Gasteiger partial charge in [-0.3, -0.25) is 14.4 Å². The van der Waals surface area contributed by atoms with Crippen molar-refractivity contribution in [2.75, 3.05) is 6.61 Å². The van der Waals surface area contributed by atoms with Crippen LogP contribution in [-0.2, 0) is 23.9 Å². The van der Waals surface area contributed by atoms with Gasteiger partial charge in [0, 0.05) is 11.0 Å². The van der Waals surface area contributed by atoms with E-state index in [1.807, 2.05) is 0 Å². The summed E-state index contributed by atoms with van der Waals surface area (Å²) < 4.78 is 43.7. The molecular formula is C12H17FO8. The largest absolute Gasteiger partial charge is 0.463 e. The smallest absolute Gasteiger partial charge is 0.302 e. The molecule has 1 aliphatic heterocycles. The number of carbonyl (C=O) groups excluding carboxylic acids is 3. The first-order valence-corrected chi connectivity index (χ1v) is 5.63. The Hall–Kier alpha value is -1.42. The first-order valence-electron chi connectivity index (χ1n) is 7.75. The molecule has 0 amide bonds. The average Bonchev–Trinajstić information content (AvgIpc) is 2.59. The Balaban J connectivity index is 3.39. The summed E-state index contributed by atoms with van der Waals surface area (Å²) in [7, 11) is 0. The van der Waals surface area contributed by atoms with E-state index in [0.717, 1.165) is 0 Å². The Morgan fingerprint density at radius 3 is 2.33 bits per heavy atom. The van der Waals surface area contributed by atoms with E-state index in [1.165, 1.54) is 0 Å². The quantitative estimate of drug-likeness (QED) is 0.521. The van der Waals surface area contributed by atoms with Crippen LogP contribution in [0.25, 0.3) is 0 Å². The number of esters is 1. The fraction of sp³-hybridized carbons (Fsp3) is 0.750. The van der Waals surface area contributed by atoms with Crippen LogP contribution in [0.3, 0.4) is 0 Å². The number of hydrogen-bond donors (Lipinski definition) is 3. The summed E-state index contributed by atoms with van der Waals surface area (Å²) in [6.45, 7) is -4.26. The molecule has 9 heteroatoms. The number of carbonyl (C=O) groups is 3. The standard InChI is InChI=1S/C12H17FO8/c1-5(14)11(18)8(4-20-7(3)16)21-10(13)9(17)12(11,19)6(2)15/h8-10,17-19H,4H2,1-3H3/t8-,9-,10?,11-,12-/m1/s1/i1D,2D,3D. The zero-order valence-corrected chi connectivity index (χ0v) is 10.8. The second kappa shape index (κ2) is 5.76. The molecule has 120 valence electrons. The molecule has 0 aromatic heterocycles. The van der Waals surface area contributed by atoms with Crippen LogP contribution >= 0.6 is 0 Å². The number of hydrogen-bond acceptors (Lipinski definition) is 8. The van der Waals surface area contributed by atoms with Crippen LogP contribution in [0.4, 0.5) is 4.39 Å². The number of aliphatic hydroxyl groups excluding tert-OH is 1. The Kier molecular flexibility index (Phi) is 3.63. The molecule has 0 radical (unpaired) electrons. The number of ketones is 2. The van der Waals surface area contributed by atoms with Crippen LogP contribution in [0.5, 0.6) is 0 Å². The monoisotopic (exact) mass is 311 g/mol. The lowest BCUT2D eigenvalue weighted by Crippen LogP contribution is -2.79. The SMILES string of the molecule is [2H]CC(=O)OC[C@H]1OC(F)[C@@H](O)[C@](O)(C(=O)C[2H])[C@@]1(O)C(=O)C[2H]. The number of ether oxygens (including phenoxy) is 2. The van der Waals surface area contributed by atoms with Gasteiger partial charge in [-0.25, -0.2) is 4.39 Å². The highest BCUT2D eigenvalue weighted by Gasteiger charge is 2.70. The maximum absolute atomic E-state index is 13.8. The fourth-order valence-electron chi connectivity index (χ4n) is 2.09. The van der Waals surface area contributed by atoms with Gasteiger partial charge in [-0.1, -0.05) is 0 Å². The Morgan fingerprint density at radius 1 is 1.24 bits per heavy atom. The van der Waals surface area contributed by atoms with Gasteiger partial charge in [-0.15, -0.1) is 0 Å². The van der Waals surface area contributed by atoms with E-state index in [1.54, 1.807) is 0 Å². The topological polar surface area (TPSA) is 130 Å². The van der Waals surface area contributed by atoms with E-state index in [0.29, 0.717) is 0 Å². The lowest BCUT2D eigenvalue weighted by atomic mass is 9.68.